The molecule has 0 unspecified atom stereocenters. The van der Waals surface area contributed by atoms with Crippen molar-refractivity contribution < 1.29 is 22.7 Å². The van der Waals surface area contributed by atoms with E-state index in [1.807, 2.05) is 0 Å². The Morgan fingerprint density at radius 2 is 1.90 bits per heavy atom. The van der Waals surface area contributed by atoms with Crippen LogP contribution in [0.1, 0.15) is 32.1 Å². The molecule has 0 spiro atoms. The van der Waals surface area contributed by atoms with Gasteiger partial charge >= 0.3 is 0 Å². The predicted molar refractivity (Wildman–Crippen MR) is 109 cm³/mol. The Morgan fingerprint density at radius 1 is 1.17 bits per heavy atom. The fraction of sp³-hybridized carbons (Fsp3) is 0.579. The zero-order chi connectivity index (χ0) is 20.4. The number of amides is 2. The summed E-state index contributed by atoms with van der Waals surface area (Å²) in [5.41, 5.74) is 0.428. The summed E-state index contributed by atoms with van der Waals surface area (Å²) in [4.78, 5) is 27.7. The van der Waals surface area contributed by atoms with E-state index < -0.39 is 21.2 Å². The van der Waals surface area contributed by atoms with Crippen LogP contribution in [-0.4, -0.2) is 62.7 Å². The van der Waals surface area contributed by atoms with Crippen LogP contribution in [0.25, 0.3) is 0 Å². The van der Waals surface area contributed by atoms with Crippen LogP contribution >= 0.6 is 11.8 Å². The molecular weight excluding hydrogens is 414 g/mol. The summed E-state index contributed by atoms with van der Waals surface area (Å²) in [6.07, 6.45) is 4.90. The minimum Gasteiger partial charge on any atom is -0.378 e. The first-order valence-corrected chi connectivity index (χ1v) is 12.3. The highest BCUT2D eigenvalue weighted by atomic mass is 32.2. The number of thioether (sulfide) groups is 1. The number of anilines is 1. The predicted octanol–water partition coefficient (Wildman–Crippen LogP) is 1.57. The third kappa shape index (κ3) is 4.60. The molecule has 1 aliphatic carbocycles. The van der Waals surface area contributed by atoms with Crippen LogP contribution in [-0.2, 0) is 24.3 Å². The molecule has 2 amide bonds. The summed E-state index contributed by atoms with van der Waals surface area (Å²) in [6.45, 7) is 1.88. The first-order chi connectivity index (χ1) is 13.9. The van der Waals surface area contributed by atoms with Crippen molar-refractivity contribution >= 4 is 39.3 Å². The van der Waals surface area contributed by atoms with E-state index >= 15 is 0 Å². The van der Waals surface area contributed by atoms with Crippen LogP contribution in [0, 0.1) is 0 Å². The SMILES string of the molecule is O=C1Nc2cc(S(=O)(=O)NC3CCCCC3)ccc2S[C@H]1C(=O)N1CCOCC1. The molecule has 1 atom stereocenters. The number of hydrogen-bond donors (Lipinski definition) is 2. The van der Waals surface area contributed by atoms with Crippen LogP contribution in [0.15, 0.2) is 28.0 Å². The molecule has 4 rings (SSSR count). The topological polar surface area (TPSA) is 105 Å². The summed E-state index contributed by atoms with van der Waals surface area (Å²) in [6, 6.07) is 4.63. The molecule has 8 nitrogen and oxygen atoms in total. The Morgan fingerprint density at radius 3 is 2.62 bits per heavy atom. The lowest BCUT2D eigenvalue weighted by atomic mass is 9.96. The van der Waals surface area contributed by atoms with E-state index in [4.69, 9.17) is 4.74 Å². The van der Waals surface area contributed by atoms with E-state index in [1.165, 1.54) is 12.1 Å². The number of rotatable bonds is 4. The molecule has 0 aromatic heterocycles. The maximum absolute atomic E-state index is 12.7. The minimum atomic E-state index is -3.66. The number of benzene rings is 1. The van der Waals surface area contributed by atoms with Crippen molar-refractivity contribution in [3.8, 4) is 0 Å². The van der Waals surface area contributed by atoms with Gasteiger partial charge in [-0.05, 0) is 31.0 Å². The molecule has 10 heteroatoms. The summed E-state index contributed by atoms with van der Waals surface area (Å²) in [7, 11) is -3.66. The van der Waals surface area contributed by atoms with Gasteiger partial charge in [0.15, 0.2) is 5.25 Å². The average Bonchev–Trinajstić information content (AvgIpc) is 2.73. The van der Waals surface area contributed by atoms with Gasteiger partial charge in [-0.3, -0.25) is 9.59 Å². The first-order valence-electron chi connectivity index (χ1n) is 9.94. The maximum atomic E-state index is 12.7. The number of fused-ring (bicyclic) bond motifs is 1. The van der Waals surface area contributed by atoms with E-state index in [1.54, 1.807) is 11.0 Å². The Hall–Kier alpha value is -1.62. The fourth-order valence-corrected chi connectivity index (χ4v) is 6.26. The molecule has 158 valence electrons. The number of ether oxygens (including phenoxy) is 1. The van der Waals surface area contributed by atoms with Gasteiger partial charge < -0.3 is 15.0 Å². The van der Waals surface area contributed by atoms with Crippen LogP contribution < -0.4 is 10.0 Å². The second-order valence-corrected chi connectivity index (χ2v) is 10.4. The van der Waals surface area contributed by atoms with E-state index in [-0.39, 0.29) is 16.8 Å². The number of hydrogen-bond acceptors (Lipinski definition) is 6. The molecule has 2 aliphatic heterocycles. The molecule has 29 heavy (non-hydrogen) atoms. The lowest BCUT2D eigenvalue weighted by Crippen LogP contribution is -2.49. The largest absolute Gasteiger partial charge is 0.378 e. The lowest BCUT2D eigenvalue weighted by Gasteiger charge is -2.31. The highest BCUT2D eigenvalue weighted by Gasteiger charge is 2.37. The highest BCUT2D eigenvalue weighted by Crippen LogP contribution is 2.38. The Balaban J connectivity index is 1.49. The van der Waals surface area contributed by atoms with Crippen molar-refractivity contribution in [2.45, 2.75) is 53.2 Å². The normalized spacial score (nSPS) is 23.4. The standard InChI is InChI=1S/C19H25N3O5S2/c23-18-17(19(24)22-8-10-27-11-9-22)28-16-7-6-14(12-15(16)20-18)29(25,26)21-13-4-2-1-3-5-13/h6-7,12-13,17,21H,1-5,8-11H2,(H,20,23)/t17-/m1/s1. The molecule has 2 fully saturated rings. The van der Waals surface area contributed by atoms with Gasteiger partial charge in [0.25, 0.3) is 0 Å². The highest BCUT2D eigenvalue weighted by molar-refractivity contribution is 8.01. The molecule has 2 N–H and O–H groups in total. The molecule has 2 heterocycles. The van der Waals surface area contributed by atoms with E-state index in [9.17, 15) is 18.0 Å². The van der Waals surface area contributed by atoms with Gasteiger partial charge in [0.2, 0.25) is 21.8 Å². The van der Waals surface area contributed by atoms with Crippen LogP contribution in [0.3, 0.4) is 0 Å². The van der Waals surface area contributed by atoms with Crippen molar-refractivity contribution in [3.63, 3.8) is 0 Å². The van der Waals surface area contributed by atoms with Gasteiger partial charge in [-0.15, -0.1) is 11.8 Å². The second kappa shape index (κ2) is 8.63. The smallest absolute Gasteiger partial charge is 0.247 e. The monoisotopic (exact) mass is 439 g/mol. The summed E-state index contributed by atoms with van der Waals surface area (Å²) in [5, 5.41) is 1.84. The lowest BCUT2D eigenvalue weighted by molar-refractivity contribution is -0.137. The van der Waals surface area contributed by atoms with Gasteiger partial charge in [-0.1, -0.05) is 19.3 Å². The molecule has 1 saturated heterocycles. The van der Waals surface area contributed by atoms with E-state index in [0.29, 0.717) is 36.9 Å². The number of nitrogens with one attached hydrogen (secondary N) is 2. The number of carbonyl (C=O) groups excluding carboxylic acids is 2. The van der Waals surface area contributed by atoms with Crippen LogP contribution in [0.2, 0.25) is 0 Å². The van der Waals surface area contributed by atoms with Crippen LogP contribution in [0.4, 0.5) is 5.69 Å². The molecule has 1 aromatic carbocycles. The Labute approximate surface area is 174 Å². The molecular formula is C19H25N3O5S2. The Bertz CT molecular complexity index is 893. The molecule has 1 saturated carbocycles. The summed E-state index contributed by atoms with van der Waals surface area (Å²) in [5.74, 6) is -0.661. The van der Waals surface area contributed by atoms with Crippen molar-refractivity contribution in [3.05, 3.63) is 18.2 Å². The third-order valence-electron chi connectivity index (χ3n) is 5.48. The van der Waals surface area contributed by atoms with Gasteiger partial charge in [-0.25, -0.2) is 13.1 Å². The first kappa shape index (κ1) is 20.6. The zero-order valence-corrected chi connectivity index (χ0v) is 17.7. The second-order valence-electron chi connectivity index (χ2n) is 7.54. The van der Waals surface area contributed by atoms with E-state index in [0.717, 1.165) is 43.9 Å². The molecule has 0 bridgehead atoms. The van der Waals surface area contributed by atoms with Crippen molar-refractivity contribution in [2.24, 2.45) is 0 Å². The zero-order valence-electron chi connectivity index (χ0n) is 16.1. The van der Waals surface area contributed by atoms with Crippen molar-refractivity contribution in [1.29, 1.82) is 0 Å². The fourth-order valence-electron chi connectivity index (χ4n) is 3.88. The van der Waals surface area contributed by atoms with Gasteiger partial charge in [0, 0.05) is 24.0 Å². The van der Waals surface area contributed by atoms with Gasteiger partial charge in [-0.2, -0.15) is 0 Å². The number of carbonyl (C=O) groups is 2. The number of nitrogens with zero attached hydrogens (tertiary/aromatic N) is 1. The van der Waals surface area contributed by atoms with Crippen LogP contribution in [0.5, 0.6) is 0 Å². The number of sulfonamides is 1. The van der Waals surface area contributed by atoms with E-state index in [2.05, 4.69) is 10.0 Å². The minimum absolute atomic E-state index is 0.0377. The third-order valence-corrected chi connectivity index (χ3v) is 8.26. The number of morpholine rings is 1. The van der Waals surface area contributed by atoms with Gasteiger partial charge in [0.1, 0.15) is 0 Å². The molecule has 1 aromatic rings. The maximum Gasteiger partial charge on any atom is 0.247 e. The van der Waals surface area contributed by atoms with Crippen molar-refractivity contribution in [2.75, 3.05) is 31.6 Å². The quantitative estimate of drug-likeness (QED) is 0.690. The molecule has 3 aliphatic rings. The summed E-state index contributed by atoms with van der Waals surface area (Å²) < 4.78 is 33.5. The van der Waals surface area contributed by atoms with Crippen molar-refractivity contribution in [1.82, 2.24) is 9.62 Å². The van der Waals surface area contributed by atoms with Gasteiger partial charge in [0.05, 0.1) is 23.8 Å². The summed E-state index contributed by atoms with van der Waals surface area (Å²) >= 11 is 1.16. The molecule has 0 radical (unpaired) electrons. The average molecular weight is 440 g/mol. The Kier molecular flexibility index (Phi) is 6.14.